The number of rotatable bonds is 6. The van der Waals surface area contributed by atoms with Gasteiger partial charge in [-0.2, -0.15) is 0 Å². The van der Waals surface area contributed by atoms with E-state index in [1.165, 1.54) is 19.2 Å². The van der Waals surface area contributed by atoms with E-state index in [2.05, 4.69) is 15.0 Å². The lowest BCUT2D eigenvalue weighted by atomic mass is 10.3. The number of amides is 1. The number of ether oxygens (including phenoxy) is 2. The minimum Gasteiger partial charge on any atom is -0.463 e. The minimum atomic E-state index is -1.06. The number of hydrogen-bond acceptors (Lipinski definition) is 6. The first-order valence-electron chi connectivity index (χ1n) is 6.40. The van der Waals surface area contributed by atoms with Crippen molar-refractivity contribution < 1.29 is 23.9 Å². The zero-order chi connectivity index (χ0) is 16.5. The maximum Gasteiger partial charge on any atom is 0.331 e. The predicted octanol–water partition coefficient (Wildman–Crippen LogP) is 1.72. The van der Waals surface area contributed by atoms with Crippen molar-refractivity contribution in [1.82, 2.24) is 4.98 Å². The van der Waals surface area contributed by atoms with Crippen molar-refractivity contribution in [3.63, 3.8) is 0 Å². The van der Waals surface area contributed by atoms with Crippen molar-refractivity contribution >= 4 is 35.3 Å². The molecule has 118 valence electrons. The van der Waals surface area contributed by atoms with Crippen molar-refractivity contribution in [2.45, 2.75) is 20.0 Å². The van der Waals surface area contributed by atoms with E-state index < -0.39 is 23.9 Å². The van der Waals surface area contributed by atoms with Gasteiger partial charge < -0.3 is 14.8 Å². The molecular formula is C14H15ClN2O5. The second-order valence-electron chi connectivity index (χ2n) is 4.02. The highest BCUT2D eigenvalue weighted by Gasteiger charge is 2.17. The van der Waals surface area contributed by atoms with Gasteiger partial charge >= 0.3 is 11.9 Å². The molecule has 0 saturated heterocycles. The van der Waals surface area contributed by atoms with E-state index in [0.29, 0.717) is 5.02 Å². The van der Waals surface area contributed by atoms with Crippen LogP contribution in [0, 0.1) is 0 Å². The first-order chi connectivity index (χ1) is 10.4. The third-order valence-corrected chi connectivity index (χ3v) is 2.51. The number of hydrogen-bond donors (Lipinski definition) is 1. The molecule has 1 heterocycles. The summed E-state index contributed by atoms with van der Waals surface area (Å²) in [5.41, 5.74) is 0. The Kier molecular flexibility index (Phi) is 7.04. The molecule has 8 heteroatoms. The van der Waals surface area contributed by atoms with Crippen LogP contribution in [0.25, 0.3) is 0 Å². The molecule has 22 heavy (non-hydrogen) atoms. The Balaban J connectivity index is 2.48. The Labute approximate surface area is 132 Å². The van der Waals surface area contributed by atoms with Crippen LogP contribution in [-0.2, 0) is 23.9 Å². The summed E-state index contributed by atoms with van der Waals surface area (Å²) in [6, 6.07) is 3.07. The average Bonchev–Trinajstić information content (AvgIpc) is 2.47. The number of pyridine rings is 1. The molecule has 0 aliphatic heterocycles. The molecule has 1 amide bonds. The van der Waals surface area contributed by atoms with Crippen molar-refractivity contribution in [2.24, 2.45) is 0 Å². The highest BCUT2D eigenvalue weighted by Crippen LogP contribution is 2.10. The fraction of sp³-hybridized carbons (Fsp3) is 0.286. The smallest absolute Gasteiger partial charge is 0.331 e. The molecule has 0 aliphatic carbocycles. The van der Waals surface area contributed by atoms with Crippen LogP contribution in [-0.4, -0.2) is 35.5 Å². The Bertz CT molecular complexity index is 571. The molecule has 0 radical (unpaired) electrons. The quantitative estimate of drug-likeness (QED) is 0.632. The highest BCUT2D eigenvalue weighted by molar-refractivity contribution is 6.30. The fourth-order valence-corrected chi connectivity index (χ4v) is 1.38. The van der Waals surface area contributed by atoms with Gasteiger partial charge in [0.25, 0.3) is 5.91 Å². The first kappa shape index (κ1) is 17.6. The van der Waals surface area contributed by atoms with Gasteiger partial charge in [0.05, 0.1) is 11.6 Å². The molecular weight excluding hydrogens is 312 g/mol. The second kappa shape index (κ2) is 8.78. The number of nitrogens with zero attached hydrogens (tertiary/aromatic N) is 1. The summed E-state index contributed by atoms with van der Waals surface area (Å²) in [7, 11) is 0. The van der Waals surface area contributed by atoms with Gasteiger partial charge in [-0.3, -0.25) is 4.79 Å². The molecule has 0 spiro atoms. The molecule has 0 bridgehead atoms. The Morgan fingerprint density at radius 3 is 2.59 bits per heavy atom. The monoisotopic (exact) mass is 326 g/mol. The number of carbonyl (C=O) groups is 3. The molecule has 0 fully saturated rings. The lowest BCUT2D eigenvalue weighted by Gasteiger charge is -2.11. The Hall–Kier alpha value is -2.41. The van der Waals surface area contributed by atoms with Crippen molar-refractivity contribution in [3.05, 3.63) is 35.5 Å². The van der Waals surface area contributed by atoms with Crippen LogP contribution in [0.5, 0.6) is 0 Å². The van der Waals surface area contributed by atoms with Crippen LogP contribution >= 0.6 is 11.6 Å². The molecule has 1 atom stereocenters. The first-order valence-corrected chi connectivity index (χ1v) is 6.78. The minimum absolute atomic E-state index is 0.200. The van der Waals surface area contributed by atoms with Crippen LogP contribution in [0.1, 0.15) is 13.8 Å². The zero-order valence-corrected chi connectivity index (χ0v) is 12.8. The number of anilines is 1. The van der Waals surface area contributed by atoms with E-state index in [0.717, 1.165) is 12.2 Å². The normalized spacial score (nSPS) is 11.8. The van der Waals surface area contributed by atoms with E-state index in [9.17, 15) is 14.4 Å². The molecule has 0 aliphatic rings. The molecule has 1 N–H and O–H groups in total. The Morgan fingerprint density at radius 2 is 2.00 bits per heavy atom. The fourth-order valence-electron chi connectivity index (χ4n) is 1.27. The third-order valence-electron chi connectivity index (χ3n) is 2.28. The van der Waals surface area contributed by atoms with Crippen LogP contribution in [0.2, 0.25) is 5.02 Å². The summed E-state index contributed by atoms with van der Waals surface area (Å²) in [6.07, 6.45) is 2.13. The highest BCUT2D eigenvalue weighted by atomic mass is 35.5. The second-order valence-corrected chi connectivity index (χ2v) is 4.45. The van der Waals surface area contributed by atoms with Gasteiger partial charge in [0.2, 0.25) is 0 Å². The summed E-state index contributed by atoms with van der Waals surface area (Å²) in [5.74, 6) is -1.78. The number of carbonyl (C=O) groups excluding carboxylic acids is 3. The molecule has 0 aromatic carbocycles. The predicted molar refractivity (Wildman–Crippen MR) is 79.2 cm³/mol. The largest absolute Gasteiger partial charge is 0.463 e. The summed E-state index contributed by atoms with van der Waals surface area (Å²) < 4.78 is 9.44. The lowest BCUT2D eigenvalue weighted by Crippen LogP contribution is -2.29. The third kappa shape index (κ3) is 6.36. The van der Waals surface area contributed by atoms with Gasteiger partial charge in [-0.15, -0.1) is 0 Å². The van der Waals surface area contributed by atoms with Crippen LogP contribution < -0.4 is 5.32 Å². The van der Waals surface area contributed by atoms with Gasteiger partial charge in [-0.05, 0) is 26.0 Å². The van der Waals surface area contributed by atoms with Crippen molar-refractivity contribution in [2.75, 3.05) is 11.9 Å². The number of aromatic nitrogens is 1. The maximum atomic E-state index is 11.8. The standard InChI is InChI=1S/C14H15ClN2O5/c1-3-21-12(18)6-7-13(19)22-9(2)14(20)17-11-5-4-10(15)8-16-11/h4-9H,3H2,1-2H3,(H,16,17,20)/b7-6+/t9-/m1/s1. The van der Waals surface area contributed by atoms with Gasteiger partial charge in [-0.25, -0.2) is 14.6 Å². The van der Waals surface area contributed by atoms with Crippen molar-refractivity contribution in [3.8, 4) is 0 Å². The molecule has 0 saturated carbocycles. The van der Waals surface area contributed by atoms with E-state index in [-0.39, 0.29) is 12.4 Å². The van der Waals surface area contributed by atoms with E-state index in [1.54, 1.807) is 13.0 Å². The topological polar surface area (TPSA) is 94.6 Å². The number of halogens is 1. The molecule has 1 aromatic heterocycles. The van der Waals surface area contributed by atoms with Crippen LogP contribution in [0.4, 0.5) is 5.82 Å². The van der Waals surface area contributed by atoms with Gasteiger partial charge in [-0.1, -0.05) is 11.6 Å². The summed E-state index contributed by atoms with van der Waals surface area (Å²) in [6.45, 7) is 3.23. The molecule has 1 rings (SSSR count). The summed E-state index contributed by atoms with van der Waals surface area (Å²) in [4.78, 5) is 38.1. The van der Waals surface area contributed by atoms with Crippen LogP contribution in [0.15, 0.2) is 30.5 Å². The molecule has 7 nitrogen and oxygen atoms in total. The van der Waals surface area contributed by atoms with E-state index in [1.807, 2.05) is 0 Å². The van der Waals surface area contributed by atoms with Gasteiger partial charge in [0, 0.05) is 18.3 Å². The van der Waals surface area contributed by atoms with Gasteiger partial charge in [0.1, 0.15) is 5.82 Å². The average molecular weight is 327 g/mol. The SMILES string of the molecule is CCOC(=O)/C=C/C(=O)O[C@H](C)C(=O)Nc1ccc(Cl)cn1. The maximum absolute atomic E-state index is 11.8. The summed E-state index contributed by atoms with van der Waals surface area (Å²) in [5, 5.41) is 2.89. The Morgan fingerprint density at radius 1 is 1.32 bits per heavy atom. The number of nitrogens with one attached hydrogen (secondary N) is 1. The summed E-state index contributed by atoms with van der Waals surface area (Å²) >= 11 is 5.67. The molecule has 0 unspecified atom stereocenters. The molecule has 1 aromatic rings. The lowest BCUT2D eigenvalue weighted by molar-refractivity contribution is -0.148. The zero-order valence-electron chi connectivity index (χ0n) is 12.0. The van der Waals surface area contributed by atoms with E-state index in [4.69, 9.17) is 16.3 Å². The van der Waals surface area contributed by atoms with Crippen molar-refractivity contribution in [1.29, 1.82) is 0 Å². The van der Waals surface area contributed by atoms with E-state index >= 15 is 0 Å². The number of esters is 2. The van der Waals surface area contributed by atoms with Crippen LogP contribution in [0.3, 0.4) is 0 Å². The van der Waals surface area contributed by atoms with Gasteiger partial charge in [0.15, 0.2) is 6.10 Å².